The molecule has 7 heteroatoms. The second-order valence-corrected chi connectivity index (χ2v) is 5.08. The van der Waals surface area contributed by atoms with E-state index in [1.807, 2.05) is 0 Å². The molecule has 1 unspecified atom stereocenters. The van der Waals surface area contributed by atoms with Crippen molar-refractivity contribution < 1.29 is 22.4 Å². The molecule has 2 N–H and O–H groups in total. The second-order valence-electron chi connectivity index (χ2n) is 5.08. The molecule has 118 valence electrons. The lowest BCUT2D eigenvalue weighted by Crippen LogP contribution is -2.44. The standard InChI is InChI=1S/C14H18F4N2O/c1-8(2)20-13(21)9(3)19-7-10-4-5-12(15)11(6-10)14(16,17)18/h4-6,8-9,19H,7H2,1-3H3,(H,20,21). The first kappa shape index (κ1) is 17.4. The van der Waals surface area contributed by atoms with Crippen molar-refractivity contribution in [2.24, 2.45) is 0 Å². The van der Waals surface area contributed by atoms with E-state index in [0.717, 1.165) is 12.1 Å². The number of alkyl halides is 3. The summed E-state index contributed by atoms with van der Waals surface area (Å²) in [5, 5.41) is 5.48. The molecular weight excluding hydrogens is 288 g/mol. The average Bonchev–Trinajstić information content (AvgIpc) is 2.35. The van der Waals surface area contributed by atoms with Crippen LogP contribution in [0.5, 0.6) is 0 Å². The third-order valence-corrected chi connectivity index (χ3v) is 2.77. The number of halogens is 4. The fourth-order valence-electron chi connectivity index (χ4n) is 1.67. The third-order valence-electron chi connectivity index (χ3n) is 2.77. The molecule has 0 aliphatic carbocycles. The fourth-order valence-corrected chi connectivity index (χ4v) is 1.67. The highest BCUT2D eigenvalue weighted by Gasteiger charge is 2.34. The van der Waals surface area contributed by atoms with Gasteiger partial charge in [-0.25, -0.2) is 4.39 Å². The van der Waals surface area contributed by atoms with Crippen LogP contribution in [0.15, 0.2) is 18.2 Å². The molecule has 1 rings (SSSR count). The van der Waals surface area contributed by atoms with Crippen LogP contribution >= 0.6 is 0 Å². The summed E-state index contributed by atoms with van der Waals surface area (Å²) in [5.41, 5.74) is -1.05. The molecule has 0 saturated carbocycles. The smallest absolute Gasteiger partial charge is 0.353 e. The van der Waals surface area contributed by atoms with Gasteiger partial charge in [0.2, 0.25) is 5.91 Å². The van der Waals surface area contributed by atoms with Crippen molar-refractivity contribution >= 4 is 5.91 Å². The fraction of sp³-hybridized carbons (Fsp3) is 0.500. The van der Waals surface area contributed by atoms with E-state index in [-0.39, 0.29) is 24.1 Å². The van der Waals surface area contributed by atoms with Gasteiger partial charge in [-0.2, -0.15) is 13.2 Å². The summed E-state index contributed by atoms with van der Waals surface area (Å²) in [6.07, 6.45) is -4.74. The molecule has 0 fully saturated rings. The highest BCUT2D eigenvalue weighted by molar-refractivity contribution is 5.81. The van der Waals surface area contributed by atoms with E-state index in [4.69, 9.17) is 0 Å². The Morgan fingerprint density at radius 3 is 2.38 bits per heavy atom. The van der Waals surface area contributed by atoms with E-state index in [1.165, 1.54) is 6.07 Å². The van der Waals surface area contributed by atoms with Gasteiger partial charge in [0.05, 0.1) is 11.6 Å². The van der Waals surface area contributed by atoms with Crippen LogP contribution in [0.3, 0.4) is 0 Å². The van der Waals surface area contributed by atoms with Crippen molar-refractivity contribution in [2.75, 3.05) is 0 Å². The van der Waals surface area contributed by atoms with Crippen LogP contribution in [-0.2, 0) is 17.5 Å². The Kier molecular flexibility index (Phi) is 5.71. The molecule has 0 spiro atoms. The number of benzene rings is 1. The lowest BCUT2D eigenvalue weighted by molar-refractivity contribution is -0.140. The number of hydrogen-bond donors (Lipinski definition) is 2. The Morgan fingerprint density at radius 2 is 1.86 bits per heavy atom. The maximum absolute atomic E-state index is 13.1. The van der Waals surface area contributed by atoms with Gasteiger partial charge in [0.1, 0.15) is 5.82 Å². The molecule has 1 aromatic carbocycles. The van der Waals surface area contributed by atoms with Gasteiger partial charge < -0.3 is 10.6 Å². The van der Waals surface area contributed by atoms with Crippen molar-refractivity contribution in [1.29, 1.82) is 0 Å². The SMILES string of the molecule is CC(C)NC(=O)C(C)NCc1ccc(F)c(C(F)(F)F)c1. The maximum Gasteiger partial charge on any atom is 0.419 e. The van der Waals surface area contributed by atoms with Crippen molar-refractivity contribution in [2.45, 2.75) is 45.6 Å². The molecule has 1 atom stereocenters. The first-order valence-corrected chi connectivity index (χ1v) is 6.50. The molecular formula is C14H18F4N2O. The van der Waals surface area contributed by atoms with Gasteiger partial charge >= 0.3 is 6.18 Å². The van der Waals surface area contributed by atoms with Crippen LogP contribution < -0.4 is 10.6 Å². The molecule has 0 bridgehead atoms. The quantitative estimate of drug-likeness (QED) is 0.821. The molecule has 0 aromatic heterocycles. The van der Waals surface area contributed by atoms with Gasteiger partial charge in [0.25, 0.3) is 0 Å². The van der Waals surface area contributed by atoms with Gasteiger partial charge in [-0.15, -0.1) is 0 Å². The largest absolute Gasteiger partial charge is 0.419 e. The zero-order valence-corrected chi connectivity index (χ0v) is 12.0. The van der Waals surface area contributed by atoms with Crippen LogP contribution in [0, 0.1) is 5.82 Å². The van der Waals surface area contributed by atoms with Crippen molar-refractivity contribution in [3.63, 3.8) is 0 Å². The maximum atomic E-state index is 13.1. The average molecular weight is 306 g/mol. The van der Waals surface area contributed by atoms with Gasteiger partial charge in [-0.05, 0) is 38.5 Å². The van der Waals surface area contributed by atoms with Crippen LogP contribution in [0.25, 0.3) is 0 Å². The molecule has 0 heterocycles. The highest BCUT2D eigenvalue weighted by atomic mass is 19.4. The summed E-state index contributed by atoms with van der Waals surface area (Å²) in [6, 6.07) is 2.19. The van der Waals surface area contributed by atoms with Gasteiger partial charge in [-0.1, -0.05) is 6.07 Å². The summed E-state index contributed by atoms with van der Waals surface area (Å²) >= 11 is 0. The molecule has 0 aliphatic rings. The normalized spacial score (nSPS) is 13.3. The van der Waals surface area contributed by atoms with Gasteiger partial charge in [0, 0.05) is 12.6 Å². The first-order chi connectivity index (χ1) is 9.61. The predicted octanol–water partition coefficient (Wildman–Crippen LogP) is 2.85. The number of carbonyl (C=O) groups is 1. The topological polar surface area (TPSA) is 41.1 Å². The summed E-state index contributed by atoms with van der Waals surface area (Å²) in [6.45, 7) is 5.25. The van der Waals surface area contributed by atoms with Crippen molar-refractivity contribution in [3.05, 3.63) is 35.1 Å². The minimum absolute atomic E-state index is 0.0237. The Hall–Kier alpha value is -1.63. The van der Waals surface area contributed by atoms with Crippen molar-refractivity contribution in [1.82, 2.24) is 10.6 Å². The Bertz CT molecular complexity index is 500. The summed E-state index contributed by atoms with van der Waals surface area (Å²) in [5.74, 6) is -1.56. The minimum Gasteiger partial charge on any atom is -0.353 e. The zero-order valence-electron chi connectivity index (χ0n) is 12.0. The molecule has 21 heavy (non-hydrogen) atoms. The highest BCUT2D eigenvalue weighted by Crippen LogP contribution is 2.31. The summed E-state index contributed by atoms with van der Waals surface area (Å²) in [7, 11) is 0. The van der Waals surface area contributed by atoms with Crippen LogP contribution in [0.4, 0.5) is 17.6 Å². The monoisotopic (exact) mass is 306 g/mol. The molecule has 1 aromatic rings. The lowest BCUT2D eigenvalue weighted by Gasteiger charge is -2.16. The second kappa shape index (κ2) is 6.89. The molecule has 0 aliphatic heterocycles. The van der Waals surface area contributed by atoms with E-state index in [2.05, 4.69) is 10.6 Å². The molecule has 0 saturated heterocycles. The summed E-state index contributed by atoms with van der Waals surface area (Å²) in [4.78, 5) is 11.6. The zero-order chi connectivity index (χ0) is 16.2. The predicted molar refractivity (Wildman–Crippen MR) is 71.0 cm³/mol. The van der Waals surface area contributed by atoms with E-state index in [9.17, 15) is 22.4 Å². The van der Waals surface area contributed by atoms with Gasteiger partial charge in [-0.3, -0.25) is 4.79 Å². The van der Waals surface area contributed by atoms with Crippen LogP contribution in [0.1, 0.15) is 31.9 Å². The molecule has 0 radical (unpaired) electrons. The van der Waals surface area contributed by atoms with Crippen LogP contribution in [0.2, 0.25) is 0 Å². The number of nitrogens with one attached hydrogen (secondary N) is 2. The Balaban J connectivity index is 2.70. The first-order valence-electron chi connectivity index (χ1n) is 6.50. The van der Waals surface area contributed by atoms with Gasteiger partial charge in [0.15, 0.2) is 0 Å². The number of carbonyl (C=O) groups excluding carboxylic acids is 1. The van der Waals surface area contributed by atoms with E-state index in [1.54, 1.807) is 20.8 Å². The van der Waals surface area contributed by atoms with E-state index < -0.39 is 23.6 Å². The van der Waals surface area contributed by atoms with E-state index in [0.29, 0.717) is 0 Å². The number of rotatable bonds is 5. The Morgan fingerprint density at radius 1 is 1.24 bits per heavy atom. The van der Waals surface area contributed by atoms with Crippen LogP contribution in [-0.4, -0.2) is 18.0 Å². The number of amides is 1. The Labute approximate surface area is 120 Å². The molecule has 1 amide bonds. The minimum atomic E-state index is -4.74. The number of hydrogen-bond acceptors (Lipinski definition) is 2. The van der Waals surface area contributed by atoms with Crippen molar-refractivity contribution in [3.8, 4) is 0 Å². The lowest BCUT2D eigenvalue weighted by atomic mass is 10.1. The summed E-state index contributed by atoms with van der Waals surface area (Å²) < 4.78 is 50.9. The molecule has 3 nitrogen and oxygen atoms in total. The van der Waals surface area contributed by atoms with E-state index >= 15 is 0 Å². The third kappa shape index (κ3) is 5.34.